The maximum Gasteiger partial charge on any atom is 0.311 e. The summed E-state index contributed by atoms with van der Waals surface area (Å²) in [5.74, 6) is -2.21. The topological polar surface area (TPSA) is 87.2 Å². The average Bonchev–Trinajstić information content (AvgIpc) is 3.05. The molecule has 1 N–H and O–H groups in total. The molecule has 168 valence electrons. The predicted octanol–water partition coefficient (Wildman–Crippen LogP) is 1.61. The number of aryl methyl sites for hydroxylation is 2. The molecule has 0 bridgehead atoms. The van der Waals surface area contributed by atoms with E-state index in [1.807, 2.05) is 56.4 Å². The molecule has 0 radical (unpaired) electrons. The Morgan fingerprint density at radius 3 is 2.78 bits per heavy atom. The number of hydrogen-bond acceptors (Lipinski definition) is 6. The lowest BCUT2D eigenvalue weighted by Crippen LogP contribution is -2.53. The number of likely N-dealkylation sites (tertiary alicyclic amines) is 1. The van der Waals surface area contributed by atoms with Crippen LogP contribution < -0.4 is 4.90 Å². The highest BCUT2D eigenvalue weighted by molar-refractivity contribution is 8.02. The Hall–Kier alpha value is -2.58. The molecular formula is C24H26N2O5S. The van der Waals surface area contributed by atoms with Gasteiger partial charge in [-0.25, -0.2) is 0 Å². The van der Waals surface area contributed by atoms with Crippen molar-refractivity contribution in [1.29, 1.82) is 0 Å². The van der Waals surface area contributed by atoms with E-state index in [2.05, 4.69) is 0 Å². The summed E-state index contributed by atoms with van der Waals surface area (Å²) < 4.78 is 4.46. The van der Waals surface area contributed by atoms with Gasteiger partial charge < -0.3 is 19.6 Å². The number of nitrogens with zero attached hydrogens (tertiary/aromatic N) is 2. The average molecular weight is 455 g/mol. The van der Waals surface area contributed by atoms with Crippen LogP contribution in [0.2, 0.25) is 0 Å². The van der Waals surface area contributed by atoms with Gasteiger partial charge in [-0.1, -0.05) is 36.4 Å². The van der Waals surface area contributed by atoms with Gasteiger partial charge in [-0.2, -0.15) is 0 Å². The van der Waals surface area contributed by atoms with Gasteiger partial charge in [0.15, 0.2) is 0 Å². The van der Waals surface area contributed by atoms with Crippen LogP contribution in [0.4, 0.5) is 5.69 Å². The van der Waals surface area contributed by atoms with Gasteiger partial charge in [0, 0.05) is 24.0 Å². The van der Waals surface area contributed by atoms with Crippen molar-refractivity contribution in [3.63, 3.8) is 0 Å². The van der Waals surface area contributed by atoms with Crippen molar-refractivity contribution in [3.8, 4) is 0 Å². The van der Waals surface area contributed by atoms with Crippen LogP contribution in [0.25, 0.3) is 0 Å². The number of anilines is 1. The Morgan fingerprint density at radius 1 is 1.19 bits per heavy atom. The molecule has 1 aromatic carbocycles. The lowest BCUT2D eigenvalue weighted by molar-refractivity contribution is -0.151. The zero-order valence-corrected chi connectivity index (χ0v) is 18.9. The first-order valence-corrected chi connectivity index (χ1v) is 11.8. The first-order chi connectivity index (χ1) is 15.4. The summed E-state index contributed by atoms with van der Waals surface area (Å²) in [6.45, 7) is 4.31. The van der Waals surface area contributed by atoms with Crippen LogP contribution in [-0.4, -0.2) is 70.1 Å². The number of ether oxygens (including phenoxy) is 1. The number of carbonyl (C=O) groups excluding carboxylic acids is 3. The van der Waals surface area contributed by atoms with Crippen LogP contribution in [0.5, 0.6) is 0 Å². The molecule has 0 aliphatic carbocycles. The Bertz CT molecular complexity index is 1050. The Labute approximate surface area is 191 Å². The molecule has 2 saturated heterocycles. The number of benzene rings is 1. The van der Waals surface area contributed by atoms with E-state index in [1.54, 1.807) is 4.90 Å². The van der Waals surface area contributed by atoms with Crippen molar-refractivity contribution in [2.75, 3.05) is 31.2 Å². The lowest BCUT2D eigenvalue weighted by Gasteiger charge is -2.35. The first kappa shape index (κ1) is 21.3. The third kappa shape index (κ3) is 2.96. The molecule has 7 nitrogen and oxygen atoms in total. The van der Waals surface area contributed by atoms with E-state index in [-0.39, 0.29) is 36.8 Å². The van der Waals surface area contributed by atoms with E-state index >= 15 is 0 Å². The van der Waals surface area contributed by atoms with Crippen molar-refractivity contribution in [2.24, 2.45) is 11.8 Å². The van der Waals surface area contributed by atoms with Gasteiger partial charge in [-0.15, -0.1) is 11.8 Å². The summed E-state index contributed by atoms with van der Waals surface area (Å²) in [4.78, 5) is 43.8. The number of amides is 2. The molecule has 0 saturated carbocycles. The van der Waals surface area contributed by atoms with E-state index in [0.717, 1.165) is 16.8 Å². The molecule has 2 fully saturated rings. The Morgan fingerprint density at radius 2 is 2.00 bits per heavy atom. The number of fused-ring (bicyclic) bond motifs is 2. The standard InChI is InChI=1S/C24H26N2O5S/c1-14-6-7-15(2)16(13-14)25-9-4-8-24-19(18-17(32-24)5-3-12-31-23(18)30)21(28)26(10-11-27)20(24)22(25)29/h3-8,13,17-20,27H,9-12H2,1-2H3/t17-,18+,19+,20?,24+/m1/s1. The smallest absolute Gasteiger partial charge is 0.311 e. The van der Waals surface area contributed by atoms with Crippen molar-refractivity contribution in [2.45, 2.75) is 29.9 Å². The van der Waals surface area contributed by atoms with Gasteiger partial charge >= 0.3 is 5.97 Å². The quantitative estimate of drug-likeness (QED) is 0.552. The molecule has 4 heterocycles. The summed E-state index contributed by atoms with van der Waals surface area (Å²) in [7, 11) is 0. The minimum atomic E-state index is -0.883. The minimum absolute atomic E-state index is 0.0464. The number of aliphatic hydroxyl groups is 1. The highest BCUT2D eigenvalue weighted by atomic mass is 32.2. The Kier molecular flexibility index (Phi) is 5.17. The number of cyclic esters (lactones) is 1. The van der Waals surface area contributed by atoms with Crippen molar-refractivity contribution >= 4 is 35.2 Å². The monoisotopic (exact) mass is 454 g/mol. The van der Waals surface area contributed by atoms with E-state index < -0.39 is 28.6 Å². The number of β-amino-alcohol motifs (C(OH)–C–C–N with tert-alkyl or cyclic N) is 1. The zero-order valence-electron chi connectivity index (χ0n) is 18.1. The minimum Gasteiger partial charge on any atom is -0.461 e. The summed E-state index contributed by atoms with van der Waals surface area (Å²) in [6, 6.07) is 5.17. The van der Waals surface area contributed by atoms with Gasteiger partial charge in [-0.3, -0.25) is 14.4 Å². The predicted molar refractivity (Wildman–Crippen MR) is 121 cm³/mol. The summed E-state index contributed by atoms with van der Waals surface area (Å²) in [5, 5.41) is 9.46. The number of thioether (sulfide) groups is 1. The third-order valence-corrected chi connectivity index (χ3v) is 8.65. The molecule has 1 spiro atoms. The molecule has 1 aromatic rings. The van der Waals surface area contributed by atoms with E-state index in [9.17, 15) is 19.5 Å². The maximum absolute atomic E-state index is 14.1. The second-order valence-corrected chi connectivity index (χ2v) is 10.3. The Balaban J connectivity index is 1.63. The molecule has 4 aliphatic heterocycles. The van der Waals surface area contributed by atoms with E-state index in [4.69, 9.17) is 4.74 Å². The second-order valence-electron chi connectivity index (χ2n) is 8.80. The normalized spacial score (nSPS) is 33.5. The van der Waals surface area contributed by atoms with Crippen LogP contribution in [-0.2, 0) is 19.1 Å². The molecule has 8 heteroatoms. The lowest BCUT2D eigenvalue weighted by atomic mass is 9.78. The zero-order chi connectivity index (χ0) is 22.6. The van der Waals surface area contributed by atoms with Crippen LogP contribution in [0.15, 0.2) is 42.5 Å². The maximum atomic E-state index is 14.1. The van der Waals surface area contributed by atoms with Gasteiger partial charge in [0.05, 0.1) is 23.2 Å². The van der Waals surface area contributed by atoms with Crippen LogP contribution in [0.1, 0.15) is 11.1 Å². The van der Waals surface area contributed by atoms with Crippen molar-refractivity contribution in [1.82, 2.24) is 4.90 Å². The van der Waals surface area contributed by atoms with Crippen molar-refractivity contribution < 1.29 is 24.2 Å². The number of hydrogen-bond donors (Lipinski definition) is 1. The SMILES string of the molecule is Cc1ccc(C)c(N2CC=C[C@]34S[C@@H]5C=CCOC(=O)[C@@H]5[C@H]3C(=O)N(CCO)C4C2=O)c1. The van der Waals surface area contributed by atoms with Gasteiger partial charge in [0.1, 0.15) is 12.6 Å². The van der Waals surface area contributed by atoms with E-state index in [0.29, 0.717) is 6.54 Å². The highest BCUT2D eigenvalue weighted by Crippen LogP contribution is 2.60. The first-order valence-electron chi connectivity index (χ1n) is 10.9. The summed E-state index contributed by atoms with van der Waals surface area (Å²) >= 11 is 1.50. The van der Waals surface area contributed by atoms with Crippen molar-refractivity contribution in [3.05, 3.63) is 53.6 Å². The molecular weight excluding hydrogens is 428 g/mol. The summed E-state index contributed by atoms with van der Waals surface area (Å²) in [6.07, 6.45) is 7.64. The fourth-order valence-corrected chi connectivity index (χ4v) is 7.54. The molecule has 32 heavy (non-hydrogen) atoms. The van der Waals surface area contributed by atoms with Gasteiger partial charge in [0.2, 0.25) is 5.91 Å². The molecule has 5 atom stereocenters. The number of esters is 1. The second kappa shape index (κ2) is 7.78. The molecule has 2 amide bonds. The molecule has 1 unspecified atom stereocenters. The number of rotatable bonds is 3. The number of carbonyl (C=O) groups is 3. The van der Waals surface area contributed by atoms with Crippen LogP contribution in [0, 0.1) is 25.7 Å². The highest BCUT2D eigenvalue weighted by Gasteiger charge is 2.71. The largest absolute Gasteiger partial charge is 0.461 e. The molecule has 0 aromatic heterocycles. The molecule has 5 rings (SSSR count). The third-order valence-electron chi connectivity index (χ3n) is 6.91. The number of aliphatic hydroxyl groups excluding tert-OH is 1. The van der Waals surface area contributed by atoms with E-state index in [1.165, 1.54) is 16.7 Å². The van der Waals surface area contributed by atoms with Crippen LogP contribution in [0.3, 0.4) is 0 Å². The fourth-order valence-electron chi connectivity index (χ4n) is 5.54. The fraction of sp³-hybridized carbons (Fsp3) is 0.458. The van der Waals surface area contributed by atoms with Gasteiger partial charge in [-0.05, 0) is 31.0 Å². The summed E-state index contributed by atoms with van der Waals surface area (Å²) in [5.41, 5.74) is 2.83. The molecule has 4 aliphatic rings. The van der Waals surface area contributed by atoms with Crippen LogP contribution >= 0.6 is 11.8 Å². The van der Waals surface area contributed by atoms with Gasteiger partial charge in [0.25, 0.3) is 5.91 Å².